The average molecular weight is 325 g/mol. The third kappa shape index (κ3) is 6.12. The van der Waals surface area contributed by atoms with Crippen LogP contribution in [0.5, 0.6) is 0 Å². The molecule has 1 aromatic heterocycles. The van der Waals surface area contributed by atoms with Crippen LogP contribution in [0.25, 0.3) is 0 Å². The number of aromatic amines is 1. The van der Waals surface area contributed by atoms with E-state index in [-0.39, 0.29) is 11.6 Å². The fourth-order valence-corrected chi connectivity index (χ4v) is 2.19. The summed E-state index contributed by atoms with van der Waals surface area (Å²) in [5.74, 6) is 0.623. The van der Waals surface area contributed by atoms with E-state index in [1.165, 1.54) is 4.90 Å². The molecule has 0 saturated carbocycles. The first-order chi connectivity index (χ1) is 10.5. The van der Waals surface area contributed by atoms with Crippen LogP contribution < -0.4 is 5.56 Å². The number of rotatable bonds is 6. The Hall–Kier alpha value is -1.72. The van der Waals surface area contributed by atoms with Gasteiger partial charge in [0.15, 0.2) is 0 Å². The van der Waals surface area contributed by atoms with Crippen molar-refractivity contribution >= 4 is 6.09 Å². The quantitative estimate of drug-likeness (QED) is 0.870. The van der Waals surface area contributed by atoms with Gasteiger partial charge in [-0.3, -0.25) is 14.6 Å². The van der Waals surface area contributed by atoms with Crippen LogP contribution in [-0.4, -0.2) is 33.4 Å². The average Bonchev–Trinajstić information content (AvgIpc) is 2.76. The number of nitrogens with zero attached hydrogens (tertiary/aromatic N) is 2. The number of nitrogens with one attached hydrogen (secondary N) is 1. The molecule has 0 radical (unpaired) electrons. The second-order valence-electron chi connectivity index (χ2n) is 7.50. The maximum absolute atomic E-state index is 12.1. The lowest BCUT2D eigenvalue weighted by molar-refractivity contribution is 0.0230. The van der Waals surface area contributed by atoms with Gasteiger partial charge in [-0.05, 0) is 46.5 Å². The molecule has 6 nitrogen and oxygen atoms in total. The summed E-state index contributed by atoms with van der Waals surface area (Å²) in [5.41, 5.74) is 0.113. The Morgan fingerprint density at radius 1 is 1.35 bits per heavy atom. The lowest BCUT2D eigenvalue weighted by Gasteiger charge is -2.28. The van der Waals surface area contributed by atoms with E-state index in [2.05, 4.69) is 18.9 Å². The Morgan fingerprint density at radius 3 is 2.48 bits per heavy atom. The highest BCUT2D eigenvalue weighted by atomic mass is 16.6. The fourth-order valence-electron chi connectivity index (χ4n) is 2.19. The van der Waals surface area contributed by atoms with Crippen molar-refractivity contribution in [2.45, 2.75) is 72.6 Å². The van der Waals surface area contributed by atoms with Crippen molar-refractivity contribution in [1.29, 1.82) is 0 Å². The molecule has 0 aromatic carbocycles. The number of hydrogen-bond donors (Lipinski definition) is 1. The summed E-state index contributed by atoms with van der Waals surface area (Å²) >= 11 is 0. The minimum atomic E-state index is -0.540. The van der Waals surface area contributed by atoms with Crippen molar-refractivity contribution < 1.29 is 9.53 Å². The standard InChI is InChI=1S/C17H31N3O3/c1-12(2)9-8-10-20-15(21)11-14(18-20)13(3)19(7)16(22)23-17(4,5)6/h11-13,18H,8-10H2,1-7H3. The summed E-state index contributed by atoms with van der Waals surface area (Å²) in [5, 5.41) is 3.11. The van der Waals surface area contributed by atoms with Crippen LogP contribution in [0.3, 0.4) is 0 Å². The number of hydrogen-bond acceptors (Lipinski definition) is 3. The van der Waals surface area contributed by atoms with E-state index in [9.17, 15) is 9.59 Å². The summed E-state index contributed by atoms with van der Waals surface area (Å²) in [6.45, 7) is 12.4. The minimum absolute atomic E-state index is 0.0619. The van der Waals surface area contributed by atoms with E-state index < -0.39 is 11.7 Å². The Kier molecular flexibility index (Phi) is 6.47. The Labute approximate surface area is 138 Å². The molecule has 1 unspecified atom stereocenters. The van der Waals surface area contributed by atoms with Crippen molar-refractivity contribution in [3.8, 4) is 0 Å². The number of carbonyl (C=O) groups is 1. The normalized spacial score (nSPS) is 13.2. The number of ether oxygens (including phenoxy) is 1. The molecule has 0 aliphatic heterocycles. The van der Waals surface area contributed by atoms with Crippen LogP contribution in [0.4, 0.5) is 4.79 Å². The van der Waals surface area contributed by atoms with Gasteiger partial charge in [0.1, 0.15) is 5.60 Å². The molecule has 1 atom stereocenters. The molecule has 1 aromatic rings. The zero-order valence-electron chi connectivity index (χ0n) is 15.5. The molecule has 23 heavy (non-hydrogen) atoms. The molecule has 132 valence electrons. The predicted molar refractivity (Wildman–Crippen MR) is 91.5 cm³/mol. The van der Waals surface area contributed by atoms with E-state index in [4.69, 9.17) is 4.74 Å². The summed E-state index contributed by atoms with van der Waals surface area (Å²) < 4.78 is 6.97. The topological polar surface area (TPSA) is 67.3 Å². The zero-order valence-corrected chi connectivity index (χ0v) is 15.5. The zero-order chi connectivity index (χ0) is 17.8. The monoisotopic (exact) mass is 325 g/mol. The maximum atomic E-state index is 12.1. The second-order valence-corrected chi connectivity index (χ2v) is 7.50. The van der Waals surface area contributed by atoms with E-state index in [1.54, 1.807) is 17.8 Å². The molecule has 6 heteroatoms. The van der Waals surface area contributed by atoms with Crippen molar-refractivity contribution in [2.24, 2.45) is 5.92 Å². The molecule has 0 fully saturated rings. The molecule has 1 rings (SSSR count). The first-order valence-corrected chi connectivity index (χ1v) is 8.27. The Bertz CT molecular complexity index is 566. The van der Waals surface area contributed by atoms with Crippen LogP contribution in [-0.2, 0) is 11.3 Å². The molecule has 1 amide bonds. The number of carbonyl (C=O) groups excluding carboxylic acids is 1. The highest BCUT2D eigenvalue weighted by molar-refractivity contribution is 5.68. The third-order valence-corrected chi connectivity index (χ3v) is 3.68. The largest absolute Gasteiger partial charge is 0.444 e. The van der Waals surface area contributed by atoms with Crippen molar-refractivity contribution in [3.63, 3.8) is 0 Å². The van der Waals surface area contributed by atoms with Gasteiger partial charge in [-0.15, -0.1) is 0 Å². The van der Waals surface area contributed by atoms with Gasteiger partial charge < -0.3 is 9.64 Å². The third-order valence-electron chi connectivity index (χ3n) is 3.68. The van der Waals surface area contributed by atoms with Gasteiger partial charge in [-0.2, -0.15) is 0 Å². The smallest absolute Gasteiger partial charge is 0.410 e. The second kappa shape index (κ2) is 7.70. The molecular formula is C17H31N3O3. The van der Waals surface area contributed by atoms with Gasteiger partial charge in [0.05, 0.1) is 11.7 Å². The number of amides is 1. The lowest BCUT2D eigenvalue weighted by atomic mass is 10.1. The summed E-state index contributed by atoms with van der Waals surface area (Å²) in [7, 11) is 1.67. The van der Waals surface area contributed by atoms with Gasteiger partial charge in [-0.25, -0.2) is 4.79 Å². The van der Waals surface area contributed by atoms with Crippen LogP contribution in [0, 0.1) is 5.92 Å². The molecule has 0 spiro atoms. The van der Waals surface area contributed by atoms with Crippen molar-refractivity contribution in [3.05, 3.63) is 22.1 Å². The summed E-state index contributed by atoms with van der Waals surface area (Å²) in [4.78, 5) is 25.7. The first kappa shape index (κ1) is 19.3. The van der Waals surface area contributed by atoms with Crippen LogP contribution in [0.2, 0.25) is 0 Å². The number of aromatic nitrogens is 2. The minimum Gasteiger partial charge on any atom is -0.444 e. The van der Waals surface area contributed by atoms with E-state index in [1.807, 2.05) is 27.7 Å². The molecule has 0 saturated heterocycles. The first-order valence-electron chi connectivity index (χ1n) is 8.27. The highest BCUT2D eigenvalue weighted by Gasteiger charge is 2.25. The Balaban J connectivity index is 2.74. The van der Waals surface area contributed by atoms with Crippen LogP contribution >= 0.6 is 0 Å². The summed E-state index contributed by atoms with van der Waals surface area (Å²) in [6.07, 6.45) is 1.63. The van der Waals surface area contributed by atoms with Gasteiger partial charge in [0.2, 0.25) is 0 Å². The maximum Gasteiger partial charge on any atom is 0.410 e. The van der Waals surface area contributed by atoms with Gasteiger partial charge >= 0.3 is 6.09 Å². The predicted octanol–water partition coefficient (Wildman–Crippen LogP) is 3.54. The van der Waals surface area contributed by atoms with Crippen LogP contribution in [0.1, 0.15) is 66.1 Å². The van der Waals surface area contributed by atoms with Gasteiger partial charge in [-0.1, -0.05) is 13.8 Å². The molecular weight excluding hydrogens is 294 g/mol. The van der Waals surface area contributed by atoms with Crippen molar-refractivity contribution in [1.82, 2.24) is 14.7 Å². The van der Waals surface area contributed by atoms with Gasteiger partial charge in [0.25, 0.3) is 5.56 Å². The molecule has 0 aliphatic carbocycles. The van der Waals surface area contributed by atoms with E-state index in [0.29, 0.717) is 18.2 Å². The van der Waals surface area contributed by atoms with E-state index >= 15 is 0 Å². The number of aryl methyl sites for hydroxylation is 1. The fraction of sp³-hybridized carbons (Fsp3) is 0.765. The molecule has 1 N–H and O–H groups in total. The van der Waals surface area contributed by atoms with E-state index in [0.717, 1.165) is 12.8 Å². The van der Waals surface area contributed by atoms with Crippen molar-refractivity contribution in [2.75, 3.05) is 7.05 Å². The molecule has 0 bridgehead atoms. The lowest BCUT2D eigenvalue weighted by Crippen LogP contribution is -2.35. The van der Waals surface area contributed by atoms with Crippen LogP contribution in [0.15, 0.2) is 10.9 Å². The SMILES string of the molecule is CC(C)CCCn1[nH]c(C(C)N(C)C(=O)OC(C)(C)C)cc1=O. The van der Waals surface area contributed by atoms with Gasteiger partial charge in [0, 0.05) is 19.7 Å². The molecule has 0 aliphatic rings. The number of H-pyrrole nitrogens is 1. The molecule has 1 heterocycles. The Morgan fingerprint density at radius 2 is 1.96 bits per heavy atom. The highest BCUT2D eigenvalue weighted by Crippen LogP contribution is 2.19. The summed E-state index contributed by atoms with van der Waals surface area (Å²) in [6, 6.07) is 1.30.